The summed E-state index contributed by atoms with van der Waals surface area (Å²) in [5, 5.41) is 6.81. The van der Waals surface area contributed by atoms with Crippen LogP contribution in [-0.2, 0) is 11.0 Å². The number of urea groups is 1. The Labute approximate surface area is 161 Å². The van der Waals surface area contributed by atoms with E-state index >= 15 is 0 Å². The maximum atomic E-state index is 14.3. The molecule has 5 nitrogen and oxygen atoms in total. The fourth-order valence-electron chi connectivity index (χ4n) is 2.99. The van der Waals surface area contributed by atoms with E-state index in [0.29, 0.717) is 6.07 Å². The number of carbonyl (C=O) groups is 2. The molecule has 1 aliphatic rings. The zero-order valence-electron chi connectivity index (χ0n) is 14.8. The number of hydrogen-bond acceptors (Lipinski definition) is 2. The molecule has 2 aromatic carbocycles. The molecule has 1 heterocycles. The molecule has 1 aliphatic heterocycles. The molecule has 1 atom stereocenters. The maximum absolute atomic E-state index is 14.3. The summed E-state index contributed by atoms with van der Waals surface area (Å²) in [6.07, 6.45) is -4.71. The number of amides is 3. The highest BCUT2D eigenvalue weighted by Crippen LogP contribution is 2.36. The molecule has 3 amide bonds. The van der Waals surface area contributed by atoms with Crippen molar-refractivity contribution in [2.24, 2.45) is 0 Å². The first kappa shape index (κ1) is 20.3. The van der Waals surface area contributed by atoms with Gasteiger partial charge in [-0.25, -0.2) is 13.6 Å². The molecule has 0 saturated heterocycles. The number of carbonyl (C=O) groups excluding carboxylic acids is 2. The van der Waals surface area contributed by atoms with E-state index in [-0.39, 0.29) is 16.8 Å². The predicted octanol–water partition coefficient (Wildman–Crippen LogP) is 4.25. The van der Waals surface area contributed by atoms with Crippen molar-refractivity contribution < 1.29 is 31.5 Å². The van der Waals surface area contributed by atoms with Crippen molar-refractivity contribution in [3.8, 4) is 0 Å². The van der Waals surface area contributed by atoms with Gasteiger partial charge >= 0.3 is 12.2 Å². The minimum atomic E-state index is -4.71. The van der Waals surface area contributed by atoms with E-state index in [0.717, 1.165) is 24.3 Å². The lowest BCUT2D eigenvalue weighted by atomic mass is 9.94. The third kappa shape index (κ3) is 4.20. The first-order valence-electron chi connectivity index (χ1n) is 8.28. The van der Waals surface area contributed by atoms with E-state index in [1.807, 2.05) is 0 Å². The lowest BCUT2D eigenvalue weighted by Gasteiger charge is -2.29. The molecule has 0 fully saturated rings. The van der Waals surface area contributed by atoms with Crippen LogP contribution in [0.4, 0.5) is 32.4 Å². The molecule has 3 N–H and O–H groups in total. The van der Waals surface area contributed by atoms with Gasteiger partial charge in [-0.3, -0.25) is 4.79 Å². The minimum absolute atomic E-state index is 0.0180. The Kier molecular flexibility index (Phi) is 5.27. The van der Waals surface area contributed by atoms with E-state index < -0.39 is 47.0 Å². The van der Waals surface area contributed by atoms with Crippen LogP contribution in [0.1, 0.15) is 24.1 Å². The zero-order chi connectivity index (χ0) is 21.3. The van der Waals surface area contributed by atoms with Gasteiger partial charge in [-0.15, -0.1) is 0 Å². The summed E-state index contributed by atoms with van der Waals surface area (Å²) in [4.78, 5) is 24.6. The van der Waals surface area contributed by atoms with E-state index in [4.69, 9.17) is 0 Å². The lowest BCUT2D eigenvalue weighted by Crippen LogP contribution is -2.46. The maximum Gasteiger partial charge on any atom is 0.418 e. The lowest BCUT2D eigenvalue weighted by molar-refractivity contribution is -0.137. The van der Waals surface area contributed by atoms with E-state index in [2.05, 4.69) is 16.0 Å². The quantitative estimate of drug-likeness (QED) is 0.661. The van der Waals surface area contributed by atoms with Gasteiger partial charge < -0.3 is 16.0 Å². The summed E-state index contributed by atoms with van der Waals surface area (Å²) in [7, 11) is 0. The minimum Gasteiger partial charge on any atom is -0.327 e. The van der Waals surface area contributed by atoms with Crippen molar-refractivity contribution in [3.63, 3.8) is 0 Å². The zero-order valence-corrected chi connectivity index (χ0v) is 14.8. The van der Waals surface area contributed by atoms with Crippen molar-refractivity contribution in [2.45, 2.75) is 19.1 Å². The third-order valence-electron chi connectivity index (χ3n) is 4.27. The van der Waals surface area contributed by atoms with Crippen LogP contribution in [0.2, 0.25) is 0 Å². The largest absolute Gasteiger partial charge is 0.418 e. The molecular weight excluding hydrogens is 397 g/mol. The van der Waals surface area contributed by atoms with Crippen molar-refractivity contribution in [1.82, 2.24) is 10.6 Å². The van der Waals surface area contributed by atoms with Gasteiger partial charge in [-0.1, -0.05) is 18.2 Å². The highest BCUT2D eigenvalue weighted by molar-refractivity contribution is 6.07. The van der Waals surface area contributed by atoms with Crippen LogP contribution < -0.4 is 16.0 Å². The molecule has 0 radical (unpaired) electrons. The average Bonchev–Trinajstić information content (AvgIpc) is 2.60. The van der Waals surface area contributed by atoms with E-state index in [1.54, 1.807) is 0 Å². The van der Waals surface area contributed by atoms with Gasteiger partial charge in [0.05, 0.1) is 22.9 Å². The molecule has 10 heteroatoms. The Morgan fingerprint density at radius 3 is 2.45 bits per heavy atom. The number of rotatable bonds is 3. The second-order valence-corrected chi connectivity index (χ2v) is 6.23. The van der Waals surface area contributed by atoms with Crippen LogP contribution in [-0.4, -0.2) is 11.9 Å². The first-order valence-corrected chi connectivity index (χ1v) is 8.28. The van der Waals surface area contributed by atoms with E-state index in [9.17, 15) is 31.5 Å². The number of hydrogen-bond donors (Lipinski definition) is 3. The fourth-order valence-corrected chi connectivity index (χ4v) is 2.99. The van der Waals surface area contributed by atoms with Crippen LogP contribution in [0.25, 0.3) is 0 Å². The molecular formula is C19H14F5N3O2. The topological polar surface area (TPSA) is 70.2 Å². The molecule has 0 aromatic heterocycles. The second kappa shape index (κ2) is 7.53. The van der Waals surface area contributed by atoms with Crippen LogP contribution in [0.3, 0.4) is 0 Å². The Balaban J connectivity index is 2.01. The molecule has 0 saturated carbocycles. The van der Waals surface area contributed by atoms with Crippen molar-refractivity contribution in [2.75, 3.05) is 5.32 Å². The smallest absolute Gasteiger partial charge is 0.327 e. The Morgan fingerprint density at radius 1 is 1.10 bits per heavy atom. The number of anilines is 1. The van der Waals surface area contributed by atoms with E-state index in [1.165, 1.54) is 19.1 Å². The molecule has 0 bridgehead atoms. The van der Waals surface area contributed by atoms with Crippen molar-refractivity contribution in [3.05, 3.63) is 76.5 Å². The van der Waals surface area contributed by atoms with Gasteiger partial charge in [0.2, 0.25) is 0 Å². The summed E-state index contributed by atoms with van der Waals surface area (Å²) in [6.45, 7) is 1.34. The Morgan fingerprint density at radius 2 is 1.79 bits per heavy atom. The highest BCUT2D eigenvalue weighted by atomic mass is 19.4. The van der Waals surface area contributed by atoms with Crippen LogP contribution in [0.5, 0.6) is 0 Å². The number of halogens is 5. The number of allylic oxidation sites excluding steroid dienone is 1. The molecule has 0 aliphatic carbocycles. The van der Waals surface area contributed by atoms with Crippen LogP contribution in [0.15, 0.2) is 53.7 Å². The number of nitrogens with one attached hydrogen (secondary N) is 3. The Hall–Kier alpha value is -3.43. The molecule has 29 heavy (non-hydrogen) atoms. The molecule has 0 unspecified atom stereocenters. The molecule has 3 rings (SSSR count). The second-order valence-electron chi connectivity index (χ2n) is 6.23. The Bertz CT molecular complexity index is 1020. The third-order valence-corrected chi connectivity index (χ3v) is 4.27. The molecule has 0 spiro atoms. The number of alkyl halides is 3. The van der Waals surface area contributed by atoms with Gasteiger partial charge in [-0.2, -0.15) is 13.2 Å². The molecule has 152 valence electrons. The number of benzene rings is 2. The monoisotopic (exact) mass is 411 g/mol. The first-order chi connectivity index (χ1) is 13.6. The highest BCUT2D eigenvalue weighted by Gasteiger charge is 2.36. The standard InChI is InChI=1S/C19H14F5N3O2/c1-9-15(17(28)26-14-5-3-2-4-12(14)19(22,23)24)16(27-18(29)25-9)11-7-6-10(20)8-13(11)21/h2-8,16H,1H3,(H,26,28)(H2,25,27,29)/t16-/m1/s1. The van der Waals surface area contributed by atoms with Gasteiger partial charge in [0.15, 0.2) is 0 Å². The van der Waals surface area contributed by atoms with Gasteiger partial charge in [0.25, 0.3) is 5.91 Å². The van der Waals surface area contributed by atoms with Gasteiger partial charge in [0, 0.05) is 17.3 Å². The van der Waals surface area contributed by atoms with Gasteiger partial charge in [-0.05, 0) is 25.1 Å². The van der Waals surface area contributed by atoms with Crippen LogP contribution >= 0.6 is 0 Å². The SMILES string of the molecule is CC1=C(C(=O)Nc2ccccc2C(F)(F)F)[C@@H](c2ccc(F)cc2F)NC(=O)N1. The molecule has 2 aromatic rings. The van der Waals surface area contributed by atoms with Crippen molar-refractivity contribution >= 4 is 17.6 Å². The summed E-state index contributed by atoms with van der Waals surface area (Å²) >= 11 is 0. The normalized spacial score (nSPS) is 16.9. The van der Waals surface area contributed by atoms with Gasteiger partial charge in [0.1, 0.15) is 11.6 Å². The summed E-state index contributed by atoms with van der Waals surface area (Å²) in [5.74, 6) is -2.87. The van der Waals surface area contributed by atoms with Crippen molar-refractivity contribution in [1.29, 1.82) is 0 Å². The fraction of sp³-hybridized carbons (Fsp3) is 0.158. The van der Waals surface area contributed by atoms with Crippen LogP contribution in [0, 0.1) is 11.6 Å². The summed E-state index contributed by atoms with van der Waals surface area (Å²) in [6, 6.07) is 4.83. The predicted molar refractivity (Wildman–Crippen MR) is 93.5 cm³/mol. The average molecular weight is 411 g/mol. The number of para-hydroxylation sites is 1. The summed E-state index contributed by atoms with van der Waals surface area (Å²) in [5.41, 5.74) is -1.98. The summed E-state index contributed by atoms with van der Waals surface area (Å²) < 4.78 is 67.0.